The Balaban J connectivity index is 1.48. The number of amides is 1. The predicted molar refractivity (Wildman–Crippen MR) is 120 cm³/mol. The summed E-state index contributed by atoms with van der Waals surface area (Å²) in [5.41, 5.74) is 17.0. The minimum absolute atomic E-state index is 0.172. The van der Waals surface area contributed by atoms with E-state index in [1.54, 1.807) is 0 Å². The lowest BCUT2D eigenvalue weighted by Gasteiger charge is -2.32. The van der Waals surface area contributed by atoms with Crippen molar-refractivity contribution in [3.63, 3.8) is 0 Å². The molecule has 1 amide bonds. The molecule has 1 fully saturated rings. The van der Waals surface area contributed by atoms with Crippen LogP contribution in [0.4, 0.5) is 17.1 Å². The molecule has 0 aromatic heterocycles. The van der Waals surface area contributed by atoms with E-state index in [0.717, 1.165) is 42.7 Å². The van der Waals surface area contributed by atoms with E-state index >= 15 is 0 Å². The molecule has 5 N–H and O–H groups in total. The number of nitrogens with two attached hydrogens (primary N) is 2. The van der Waals surface area contributed by atoms with Gasteiger partial charge < -0.3 is 21.7 Å². The van der Waals surface area contributed by atoms with E-state index in [1.807, 2.05) is 72.8 Å². The van der Waals surface area contributed by atoms with E-state index in [9.17, 15) is 4.79 Å². The zero-order chi connectivity index (χ0) is 20.2. The van der Waals surface area contributed by atoms with Crippen LogP contribution in [0.25, 0.3) is 11.1 Å². The van der Waals surface area contributed by atoms with Gasteiger partial charge in [-0.05, 0) is 60.4 Å². The summed E-state index contributed by atoms with van der Waals surface area (Å²) in [7, 11) is 0. The van der Waals surface area contributed by atoms with Gasteiger partial charge in [-0.15, -0.1) is 0 Å². The maximum Gasteiger partial charge on any atom is 0.255 e. The average Bonchev–Trinajstić information content (AvgIpc) is 2.76. The molecule has 0 aliphatic carbocycles. The Kier molecular flexibility index (Phi) is 5.49. The average molecular weight is 386 g/mol. The highest BCUT2D eigenvalue weighted by molar-refractivity contribution is 6.06. The molecule has 0 spiro atoms. The molecule has 5 nitrogen and oxygen atoms in total. The van der Waals surface area contributed by atoms with Crippen LogP contribution in [0.1, 0.15) is 23.2 Å². The van der Waals surface area contributed by atoms with Crippen LogP contribution in [0.3, 0.4) is 0 Å². The first-order valence-corrected chi connectivity index (χ1v) is 9.97. The van der Waals surface area contributed by atoms with E-state index in [-0.39, 0.29) is 5.91 Å². The molecule has 29 heavy (non-hydrogen) atoms. The van der Waals surface area contributed by atoms with Gasteiger partial charge in [-0.25, -0.2) is 0 Å². The van der Waals surface area contributed by atoms with Crippen LogP contribution in [0.5, 0.6) is 0 Å². The number of hydrogen-bond acceptors (Lipinski definition) is 4. The lowest BCUT2D eigenvalue weighted by molar-refractivity contribution is 0.102. The lowest BCUT2D eigenvalue weighted by atomic mass is 10.0. The molecule has 3 aromatic rings. The van der Waals surface area contributed by atoms with Crippen molar-refractivity contribution in [2.24, 2.45) is 5.73 Å². The van der Waals surface area contributed by atoms with Gasteiger partial charge in [0.05, 0.1) is 11.4 Å². The Hall–Kier alpha value is -3.31. The number of hydrogen-bond donors (Lipinski definition) is 3. The van der Waals surface area contributed by atoms with Crippen molar-refractivity contribution >= 4 is 23.0 Å². The minimum atomic E-state index is -0.172. The fraction of sp³-hybridized carbons (Fsp3) is 0.208. The van der Waals surface area contributed by atoms with Crippen molar-refractivity contribution < 1.29 is 4.79 Å². The summed E-state index contributed by atoms with van der Waals surface area (Å²) in [5.74, 6) is -0.172. The molecule has 0 radical (unpaired) electrons. The van der Waals surface area contributed by atoms with Crippen molar-refractivity contribution in [3.8, 4) is 11.1 Å². The molecule has 1 aliphatic rings. The highest BCUT2D eigenvalue weighted by Gasteiger charge is 2.17. The number of piperidine rings is 1. The first-order valence-electron chi connectivity index (χ1n) is 9.97. The molecule has 1 saturated heterocycles. The first kappa shape index (κ1) is 19.0. The number of carbonyl (C=O) groups is 1. The van der Waals surface area contributed by atoms with E-state index < -0.39 is 0 Å². The number of nitrogen functional groups attached to an aromatic ring is 1. The quantitative estimate of drug-likeness (QED) is 0.589. The summed E-state index contributed by atoms with van der Waals surface area (Å²) in [6.07, 6.45) is 2.00. The van der Waals surface area contributed by atoms with E-state index in [1.165, 1.54) is 0 Å². The minimum Gasteiger partial charge on any atom is -0.397 e. The largest absolute Gasteiger partial charge is 0.397 e. The van der Waals surface area contributed by atoms with Crippen LogP contribution in [-0.4, -0.2) is 25.0 Å². The summed E-state index contributed by atoms with van der Waals surface area (Å²) in [6.45, 7) is 1.91. The monoisotopic (exact) mass is 386 g/mol. The Morgan fingerprint density at radius 1 is 0.897 bits per heavy atom. The second-order valence-electron chi connectivity index (χ2n) is 7.49. The standard InChI is InChI=1S/C24H26N4O/c25-20-12-14-28(15-13-20)21-9-6-18(7-10-21)24(29)27-23-16-19(8-11-22(23)26)17-4-2-1-3-5-17/h1-11,16,20H,12-15,25-26H2,(H,27,29). The van der Waals surface area contributed by atoms with Crippen LogP contribution in [0, 0.1) is 0 Å². The fourth-order valence-corrected chi connectivity index (χ4v) is 3.65. The SMILES string of the molecule is Nc1ccc(-c2ccccc2)cc1NC(=O)c1ccc(N2CCC(N)CC2)cc1. The van der Waals surface area contributed by atoms with E-state index in [2.05, 4.69) is 10.2 Å². The highest BCUT2D eigenvalue weighted by atomic mass is 16.1. The third kappa shape index (κ3) is 4.41. The molecule has 0 saturated carbocycles. The van der Waals surface area contributed by atoms with Crippen LogP contribution in [0.2, 0.25) is 0 Å². The summed E-state index contributed by atoms with van der Waals surface area (Å²) < 4.78 is 0. The number of carbonyl (C=O) groups excluding carboxylic acids is 1. The van der Waals surface area contributed by atoms with Gasteiger partial charge in [0.25, 0.3) is 5.91 Å². The van der Waals surface area contributed by atoms with Gasteiger partial charge >= 0.3 is 0 Å². The molecule has 0 atom stereocenters. The van der Waals surface area contributed by atoms with Crippen molar-refractivity contribution in [3.05, 3.63) is 78.4 Å². The number of nitrogens with zero attached hydrogens (tertiary/aromatic N) is 1. The van der Waals surface area contributed by atoms with Crippen molar-refractivity contribution in [2.75, 3.05) is 29.0 Å². The third-order valence-electron chi connectivity index (χ3n) is 5.44. The maximum atomic E-state index is 12.7. The fourth-order valence-electron chi connectivity index (χ4n) is 3.65. The highest BCUT2D eigenvalue weighted by Crippen LogP contribution is 2.28. The number of anilines is 3. The summed E-state index contributed by atoms with van der Waals surface area (Å²) in [4.78, 5) is 15.1. The Bertz CT molecular complexity index is 978. The zero-order valence-corrected chi connectivity index (χ0v) is 16.3. The molecule has 0 bridgehead atoms. The lowest BCUT2D eigenvalue weighted by Crippen LogP contribution is -2.39. The van der Waals surface area contributed by atoms with Crippen LogP contribution in [0.15, 0.2) is 72.8 Å². The molecule has 148 valence electrons. The van der Waals surface area contributed by atoms with Gasteiger partial charge in [-0.2, -0.15) is 0 Å². The van der Waals surface area contributed by atoms with Gasteiger partial charge in [0.15, 0.2) is 0 Å². The van der Waals surface area contributed by atoms with Crippen LogP contribution in [-0.2, 0) is 0 Å². The number of rotatable bonds is 4. The van der Waals surface area contributed by atoms with E-state index in [0.29, 0.717) is 23.0 Å². The normalized spacial score (nSPS) is 14.6. The number of nitrogens with one attached hydrogen (secondary N) is 1. The topological polar surface area (TPSA) is 84.4 Å². The maximum absolute atomic E-state index is 12.7. The van der Waals surface area contributed by atoms with Gasteiger partial charge in [-0.3, -0.25) is 4.79 Å². The van der Waals surface area contributed by atoms with Gasteiger partial charge in [0.2, 0.25) is 0 Å². The molecule has 1 aliphatic heterocycles. The van der Waals surface area contributed by atoms with Crippen molar-refractivity contribution in [1.82, 2.24) is 0 Å². The second kappa shape index (κ2) is 8.37. The molecule has 1 heterocycles. The van der Waals surface area contributed by atoms with Crippen LogP contribution < -0.4 is 21.7 Å². The van der Waals surface area contributed by atoms with Crippen molar-refractivity contribution in [2.45, 2.75) is 18.9 Å². The predicted octanol–water partition coefficient (Wildman–Crippen LogP) is 4.12. The summed E-state index contributed by atoms with van der Waals surface area (Å²) in [6, 6.07) is 23.7. The Morgan fingerprint density at radius 3 is 2.28 bits per heavy atom. The second-order valence-corrected chi connectivity index (χ2v) is 7.49. The van der Waals surface area contributed by atoms with Crippen molar-refractivity contribution in [1.29, 1.82) is 0 Å². The Labute approximate surface area is 171 Å². The molecule has 5 heteroatoms. The van der Waals surface area contributed by atoms with E-state index in [4.69, 9.17) is 11.5 Å². The molecular weight excluding hydrogens is 360 g/mol. The summed E-state index contributed by atoms with van der Waals surface area (Å²) in [5, 5.41) is 2.95. The van der Waals surface area contributed by atoms with Gasteiger partial charge in [-0.1, -0.05) is 36.4 Å². The molecule has 4 rings (SSSR count). The third-order valence-corrected chi connectivity index (χ3v) is 5.44. The van der Waals surface area contributed by atoms with Gasteiger partial charge in [0.1, 0.15) is 0 Å². The molecule has 3 aromatic carbocycles. The first-order chi connectivity index (χ1) is 14.1. The van der Waals surface area contributed by atoms with Crippen LogP contribution >= 0.6 is 0 Å². The molecule has 0 unspecified atom stereocenters. The zero-order valence-electron chi connectivity index (χ0n) is 16.3. The Morgan fingerprint density at radius 2 is 1.59 bits per heavy atom. The van der Waals surface area contributed by atoms with Gasteiger partial charge in [0, 0.05) is 30.4 Å². The molecular formula is C24H26N4O. The number of benzene rings is 3. The smallest absolute Gasteiger partial charge is 0.255 e. The summed E-state index contributed by atoms with van der Waals surface area (Å²) >= 11 is 0.